The number of phenols is 1. The van der Waals surface area contributed by atoms with Crippen molar-refractivity contribution >= 4 is 17.5 Å². The van der Waals surface area contributed by atoms with Crippen molar-refractivity contribution in [3.8, 4) is 5.75 Å². The number of para-hydroxylation sites is 1. The summed E-state index contributed by atoms with van der Waals surface area (Å²) < 4.78 is 4.86. The van der Waals surface area contributed by atoms with E-state index >= 15 is 0 Å². The number of carbonyl (C=O) groups is 2. The molecule has 0 aliphatic carbocycles. The normalized spacial score (nSPS) is 10.0. The zero-order valence-electron chi connectivity index (χ0n) is 9.68. The van der Waals surface area contributed by atoms with E-state index in [9.17, 15) is 14.7 Å². The Morgan fingerprint density at radius 3 is 2.78 bits per heavy atom. The molecule has 7 heteroatoms. The van der Waals surface area contributed by atoms with Gasteiger partial charge in [0.25, 0.3) is 5.91 Å². The Hall–Kier alpha value is -2.28. The second-order valence-corrected chi connectivity index (χ2v) is 3.52. The van der Waals surface area contributed by atoms with Gasteiger partial charge in [0.15, 0.2) is 5.75 Å². The standard InChI is InChI=1S/C11H15N3O4/c12-8-3-1-2-7(10(8)16)11(17)14-4-5-18-6-9(13)15/h1-3,16H,4-6,12H2,(H2,13,15)(H,14,17). The number of nitrogen functional groups attached to an aromatic ring is 1. The van der Waals surface area contributed by atoms with E-state index in [-0.39, 0.29) is 36.8 Å². The Balaban J connectivity index is 2.41. The van der Waals surface area contributed by atoms with Crippen LogP contribution in [-0.4, -0.2) is 36.7 Å². The minimum Gasteiger partial charge on any atom is -0.505 e. The van der Waals surface area contributed by atoms with Gasteiger partial charge >= 0.3 is 0 Å². The number of ether oxygens (including phenoxy) is 1. The van der Waals surface area contributed by atoms with Gasteiger partial charge in [0.2, 0.25) is 5.91 Å². The quantitative estimate of drug-likeness (QED) is 0.300. The molecule has 0 bridgehead atoms. The van der Waals surface area contributed by atoms with Crippen LogP contribution in [0.5, 0.6) is 5.75 Å². The van der Waals surface area contributed by atoms with Gasteiger partial charge in [0, 0.05) is 6.54 Å². The summed E-state index contributed by atoms with van der Waals surface area (Å²) in [6.07, 6.45) is 0. The number of benzene rings is 1. The maximum Gasteiger partial charge on any atom is 0.255 e. The number of carbonyl (C=O) groups excluding carboxylic acids is 2. The van der Waals surface area contributed by atoms with Crippen LogP contribution < -0.4 is 16.8 Å². The molecule has 98 valence electrons. The van der Waals surface area contributed by atoms with E-state index in [4.69, 9.17) is 16.2 Å². The molecule has 0 atom stereocenters. The van der Waals surface area contributed by atoms with Crippen LogP contribution in [-0.2, 0) is 9.53 Å². The van der Waals surface area contributed by atoms with Gasteiger partial charge in [-0.3, -0.25) is 9.59 Å². The molecule has 0 radical (unpaired) electrons. The lowest BCUT2D eigenvalue weighted by Gasteiger charge is -2.08. The van der Waals surface area contributed by atoms with Crippen molar-refractivity contribution in [3.63, 3.8) is 0 Å². The zero-order chi connectivity index (χ0) is 13.5. The molecule has 1 aromatic carbocycles. The predicted molar refractivity (Wildman–Crippen MR) is 64.9 cm³/mol. The first-order valence-corrected chi connectivity index (χ1v) is 5.24. The molecule has 6 N–H and O–H groups in total. The first-order valence-electron chi connectivity index (χ1n) is 5.24. The van der Waals surface area contributed by atoms with Crippen molar-refractivity contribution in [2.24, 2.45) is 5.73 Å². The first-order chi connectivity index (χ1) is 8.52. The molecule has 2 amide bonds. The van der Waals surface area contributed by atoms with Crippen LogP contribution in [0.1, 0.15) is 10.4 Å². The number of anilines is 1. The number of hydrogen-bond donors (Lipinski definition) is 4. The summed E-state index contributed by atoms with van der Waals surface area (Å²) in [5.74, 6) is -1.30. The number of rotatable bonds is 6. The minimum atomic E-state index is -0.574. The molecule has 0 spiro atoms. The monoisotopic (exact) mass is 253 g/mol. The molecule has 0 aromatic heterocycles. The Morgan fingerprint density at radius 1 is 1.39 bits per heavy atom. The lowest BCUT2D eigenvalue weighted by atomic mass is 10.1. The summed E-state index contributed by atoms with van der Waals surface area (Å²) in [5.41, 5.74) is 10.5. The van der Waals surface area contributed by atoms with E-state index in [1.165, 1.54) is 12.1 Å². The third-order valence-corrected chi connectivity index (χ3v) is 2.09. The summed E-state index contributed by atoms with van der Waals surface area (Å²) in [4.78, 5) is 22.0. The van der Waals surface area contributed by atoms with Gasteiger partial charge in [-0.2, -0.15) is 0 Å². The number of primary amides is 1. The maximum absolute atomic E-state index is 11.6. The molecule has 1 rings (SSSR count). The fourth-order valence-corrected chi connectivity index (χ4v) is 1.25. The van der Waals surface area contributed by atoms with Gasteiger partial charge in [-0.25, -0.2) is 0 Å². The zero-order valence-corrected chi connectivity index (χ0v) is 9.68. The maximum atomic E-state index is 11.6. The summed E-state index contributed by atoms with van der Waals surface area (Å²) in [6, 6.07) is 4.50. The van der Waals surface area contributed by atoms with Gasteiger partial charge in [0.05, 0.1) is 17.9 Å². The van der Waals surface area contributed by atoms with E-state index in [1.54, 1.807) is 6.07 Å². The van der Waals surface area contributed by atoms with Gasteiger partial charge in [-0.15, -0.1) is 0 Å². The molecule has 0 unspecified atom stereocenters. The summed E-state index contributed by atoms with van der Waals surface area (Å²) in [7, 11) is 0. The first kappa shape index (κ1) is 13.8. The molecule has 0 aliphatic rings. The third kappa shape index (κ3) is 3.95. The van der Waals surface area contributed by atoms with Crippen LogP contribution >= 0.6 is 0 Å². The number of aromatic hydroxyl groups is 1. The SMILES string of the molecule is NC(=O)COCCNC(=O)c1cccc(N)c1O. The summed E-state index contributed by atoms with van der Waals surface area (Å²) >= 11 is 0. The van der Waals surface area contributed by atoms with E-state index in [0.29, 0.717) is 0 Å². The second-order valence-electron chi connectivity index (χ2n) is 3.52. The van der Waals surface area contributed by atoms with Crippen molar-refractivity contribution in [2.75, 3.05) is 25.5 Å². The summed E-state index contributed by atoms with van der Waals surface area (Å²) in [6.45, 7) is 0.150. The Morgan fingerprint density at radius 2 is 2.11 bits per heavy atom. The number of amides is 2. The molecule has 18 heavy (non-hydrogen) atoms. The highest BCUT2D eigenvalue weighted by Gasteiger charge is 2.11. The molecule has 0 fully saturated rings. The topological polar surface area (TPSA) is 128 Å². The van der Waals surface area contributed by atoms with Crippen LogP contribution in [0.2, 0.25) is 0 Å². The summed E-state index contributed by atoms with van der Waals surface area (Å²) in [5, 5.41) is 12.1. The highest BCUT2D eigenvalue weighted by atomic mass is 16.5. The lowest BCUT2D eigenvalue weighted by molar-refractivity contribution is -0.122. The van der Waals surface area contributed by atoms with E-state index < -0.39 is 11.8 Å². The fraction of sp³-hybridized carbons (Fsp3) is 0.273. The average molecular weight is 253 g/mol. The number of hydrogen-bond acceptors (Lipinski definition) is 5. The van der Waals surface area contributed by atoms with Crippen molar-refractivity contribution in [1.82, 2.24) is 5.32 Å². The largest absolute Gasteiger partial charge is 0.505 e. The molecular formula is C11H15N3O4. The van der Waals surface area contributed by atoms with Crippen LogP contribution in [0.4, 0.5) is 5.69 Å². The van der Waals surface area contributed by atoms with Gasteiger partial charge in [0.1, 0.15) is 6.61 Å². The average Bonchev–Trinajstić information content (AvgIpc) is 2.31. The van der Waals surface area contributed by atoms with Gasteiger partial charge in [-0.05, 0) is 12.1 Å². The van der Waals surface area contributed by atoms with Crippen LogP contribution in [0, 0.1) is 0 Å². The molecule has 0 aliphatic heterocycles. The van der Waals surface area contributed by atoms with Crippen molar-refractivity contribution in [3.05, 3.63) is 23.8 Å². The van der Waals surface area contributed by atoms with Gasteiger partial charge in [-0.1, -0.05) is 6.07 Å². The van der Waals surface area contributed by atoms with Crippen LogP contribution in [0.3, 0.4) is 0 Å². The Labute approximate surface area is 104 Å². The van der Waals surface area contributed by atoms with Crippen LogP contribution in [0.15, 0.2) is 18.2 Å². The van der Waals surface area contributed by atoms with Crippen molar-refractivity contribution < 1.29 is 19.4 Å². The highest BCUT2D eigenvalue weighted by molar-refractivity contribution is 5.98. The van der Waals surface area contributed by atoms with Crippen molar-refractivity contribution in [1.29, 1.82) is 0 Å². The molecule has 0 saturated carbocycles. The fourth-order valence-electron chi connectivity index (χ4n) is 1.25. The van der Waals surface area contributed by atoms with Crippen LogP contribution in [0.25, 0.3) is 0 Å². The Kier molecular flexibility index (Phi) is 4.94. The highest BCUT2D eigenvalue weighted by Crippen LogP contribution is 2.23. The number of nitrogens with two attached hydrogens (primary N) is 2. The molecule has 0 saturated heterocycles. The van der Waals surface area contributed by atoms with E-state index in [1.807, 2.05) is 0 Å². The third-order valence-electron chi connectivity index (χ3n) is 2.09. The van der Waals surface area contributed by atoms with E-state index in [0.717, 1.165) is 0 Å². The molecule has 7 nitrogen and oxygen atoms in total. The second kappa shape index (κ2) is 6.45. The molecule has 0 heterocycles. The smallest absolute Gasteiger partial charge is 0.255 e. The molecular weight excluding hydrogens is 238 g/mol. The van der Waals surface area contributed by atoms with E-state index in [2.05, 4.69) is 5.32 Å². The minimum absolute atomic E-state index is 0.0879. The number of phenolic OH excluding ortho intramolecular Hbond substituents is 1. The Bertz CT molecular complexity index is 448. The molecule has 1 aromatic rings. The van der Waals surface area contributed by atoms with Crippen molar-refractivity contribution in [2.45, 2.75) is 0 Å². The lowest BCUT2D eigenvalue weighted by Crippen LogP contribution is -2.28. The number of nitrogens with one attached hydrogen (secondary N) is 1. The predicted octanol–water partition coefficient (Wildman–Crippen LogP) is -0.794. The van der Waals surface area contributed by atoms with Gasteiger partial charge < -0.3 is 26.6 Å².